The molecule has 82 valence electrons. The van der Waals surface area contributed by atoms with E-state index in [1.165, 1.54) is 11.8 Å². The number of aromatic nitrogens is 2. The number of hydrogen-bond acceptors (Lipinski definition) is 3. The van der Waals surface area contributed by atoms with Crippen LogP contribution in [0.3, 0.4) is 0 Å². The largest absolute Gasteiger partial charge is 0.273 e. The third kappa shape index (κ3) is 1.37. The van der Waals surface area contributed by atoms with Crippen molar-refractivity contribution in [3.05, 3.63) is 24.3 Å². The molecule has 0 N–H and O–H groups in total. The Morgan fingerprint density at radius 2 is 2.25 bits per heavy atom. The van der Waals surface area contributed by atoms with E-state index < -0.39 is 0 Å². The van der Waals surface area contributed by atoms with E-state index in [4.69, 9.17) is 11.6 Å². The van der Waals surface area contributed by atoms with Crippen LogP contribution in [0.1, 0.15) is 11.2 Å². The number of carbonyl (C=O) groups excluding carboxylic acids is 1. The molecule has 3 nitrogen and oxygen atoms in total. The molecule has 2 heterocycles. The van der Waals surface area contributed by atoms with Gasteiger partial charge in [-0.1, -0.05) is 23.9 Å². The Morgan fingerprint density at radius 1 is 1.44 bits per heavy atom. The number of rotatable bonds is 2. The fourth-order valence-corrected chi connectivity index (χ4v) is 3.39. The predicted octanol–water partition coefficient (Wildman–Crippen LogP) is 2.78. The summed E-state index contributed by atoms with van der Waals surface area (Å²) < 4.78 is 1.71. The molecule has 0 saturated heterocycles. The lowest BCUT2D eigenvalue weighted by molar-refractivity contribution is 0.0914. The molecule has 0 radical (unpaired) electrons. The van der Waals surface area contributed by atoms with E-state index in [1.54, 1.807) is 4.57 Å². The van der Waals surface area contributed by atoms with Gasteiger partial charge in [0.2, 0.25) is 5.91 Å². The van der Waals surface area contributed by atoms with Crippen LogP contribution in [0.4, 0.5) is 0 Å². The minimum atomic E-state index is -0.0652. The molecule has 0 spiro atoms. The Bertz CT molecular complexity index is 566. The zero-order valence-corrected chi connectivity index (χ0v) is 9.96. The number of nitrogens with zero attached hydrogens (tertiary/aromatic N) is 2. The molecule has 5 heteroatoms. The summed E-state index contributed by atoms with van der Waals surface area (Å²) in [6.07, 6.45) is 0.697. The molecule has 2 aromatic rings. The van der Waals surface area contributed by atoms with Crippen molar-refractivity contribution in [3.63, 3.8) is 0 Å². The molecule has 0 saturated carbocycles. The van der Waals surface area contributed by atoms with Gasteiger partial charge in [-0.15, -0.1) is 11.6 Å². The minimum Gasteiger partial charge on any atom is -0.273 e. The van der Waals surface area contributed by atoms with Gasteiger partial charge in [0.25, 0.3) is 0 Å². The first kappa shape index (κ1) is 10.2. The topological polar surface area (TPSA) is 34.9 Å². The van der Waals surface area contributed by atoms with E-state index in [0.717, 1.165) is 16.2 Å². The Hall–Kier alpha value is -1.00. The van der Waals surface area contributed by atoms with Gasteiger partial charge in [0.05, 0.1) is 16.3 Å². The van der Waals surface area contributed by atoms with Crippen LogP contribution >= 0.6 is 23.4 Å². The summed E-state index contributed by atoms with van der Waals surface area (Å²) in [5.41, 5.74) is 1.77. The second kappa shape index (κ2) is 3.79. The molecule has 3 rings (SSSR count). The van der Waals surface area contributed by atoms with Crippen molar-refractivity contribution in [2.45, 2.75) is 16.8 Å². The fourth-order valence-electron chi connectivity index (χ4n) is 1.90. The zero-order chi connectivity index (χ0) is 11.1. The van der Waals surface area contributed by atoms with Crippen molar-refractivity contribution in [3.8, 4) is 0 Å². The van der Waals surface area contributed by atoms with Gasteiger partial charge in [-0.3, -0.25) is 9.36 Å². The molecular weight excluding hydrogens is 244 g/mol. The van der Waals surface area contributed by atoms with E-state index in [2.05, 4.69) is 4.98 Å². The molecule has 1 atom stereocenters. The second-order valence-corrected chi connectivity index (χ2v) is 5.19. The number of para-hydroxylation sites is 2. The maximum absolute atomic E-state index is 12.1. The minimum absolute atomic E-state index is 0.0652. The van der Waals surface area contributed by atoms with Crippen LogP contribution in [0.15, 0.2) is 29.4 Å². The zero-order valence-electron chi connectivity index (χ0n) is 8.39. The lowest BCUT2D eigenvalue weighted by atomic mass is 10.3. The van der Waals surface area contributed by atoms with E-state index in [0.29, 0.717) is 12.3 Å². The van der Waals surface area contributed by atoms with Crippen LogP contribution in [0.25, 0.3) is 11.0 Å². The standard InChI is InChI=1S/C11H9ClN2OS/c12-6-5-9-10(15)14-8-4-2-1-3-7(8)13-11(14)16-9/h1-4,9H,5-6H2. The van der Waals surface area contributed by atoms with Crippen LogP contribution < -0.4 is 0 Å². The third-order valence-electron chi connectivity index (χ3n) is 2.64. The average molecular weight is 253 g/mol. The second-order valence-electron chi connectivity index (χ2n) is 3.64. The summed E-state index contributed by atoms with van der Waals surface area (Å²) in [6, 6.07) is 7.69. The van der Waals surface area contributed by atoms with E-state index >= 15 is 0 Å². The molecular formula is C11H9ClN2OS. The first-order valence-electron chi connectivity index (χ1n) is 5.05. The van der Waals surface area contributed by atoms with Crippen LogP contribution in [0, 0.1) is 0 Å². The van der Waals surface area contributed by atoms with Gasteiger partial charge in [0, 0.05) is 5.88 Å². The number of benzene rings is 1. The first-order chi connectivity index (χ1) is 7.81. The Morgan fingerprint density at radius 3 is 3.06 bits per heavy atom. The van der Waals surface area contributed by atoms with Crippen molar-refractivity contribution >= 4 is 40.3 Å². The van der Waals surface area contributed by atoms with Gasteiger partial charge in [0.1, 0.15) is 0 Å². The van der Waals surface area contributed by atoms with Crippen molar-refractivity contribution in [1.82, 2.24) is 9.55 Å². The molecule has 1 aliphatic heterocycles. The average Bonchev–Trinajstić information content (AvgIpc) is 2.78. The summed E-state index contributed by atoms with van der Waals surface area (Å²) in [4.78, 5) is 16.5. The quantitative estimate of drug-likeness (QED) is 0.771. The maximum Gasteiger partial charge on any atom is 0.246 e. The van der Waals surface area contributed by atoms with Crippen molar-refractivity contribution in [2.75, 3.05) is 5.88 Å². The third-order valence-corrected chi connectivity index (χ3v) is 4.07. The fraction of sp³-hybridized carbons (Fsp3) is 0.273. The van der Waals surface area contributed by atoms with Gasteiger partial charge in [0.15, 0.2) is 5.16 Å². The van der Waals surface area contributed by atoms with Gasteiger partial charge in [-0.2, -0.15) is 0 Å². The molecule has 1 aliphatic rings. The number of carbonyl (C=O) groups is 1. The Balaban J connectivity index is 2.12. The molecule has 0 aliphatic carbocycles. The normalized spacial score (nSPS) is 19.3. The SMILES string of the molecule is O=C1C(CCCl)Sc2nc3ccccc3n21. The van der Waals surface area contributed by atoms with Crippen molar-refractivity contribution in [2.24, 2.45) is 0 Å². The number of imidazole rings is 1. The van der Waals surface area contributed by atoms with Gasteiger partial charge >= 0.3 is 0 Å². The number of fused-ring (bicyclic) bond motifs is 3. The number of alkyl halides is 1. The van der Waals surface area contributed by atoms with Crippen molar-refractivity contribution < 1.29 is 4.79 Å². The summed E-state index contributed by atoms with van der Waals surface area (Å²) in [5, 5.41) is 0.728. The predicted molar refractivity (Wildman–Crippen MR) is 65.3 cm³/mol. The highest BCUT2D eigenvalue weighted by molar-refractivity contribution is 8.00. The maximum atomic E-state index is 12.1. The van der Waals surface area contributed by atoms with Gasteiger partial charge in [-0.05, 0) is 18.6 Å². The summed E-state index contributed by atoms with van der Waals surface area (Å²) >= 11 is 7.19. The van der Waals surface area contributed by atoms with Gasteiger partial charge < -0.3 is 0 Å². The lowest BCUT2D eigenvalue weighted by Crippen LogP contribution is -2.17. The number of halogens is 1. The molecule has 1 aromatic heterocycles. The van der Waals surface area contributed by atoms with Gasteiger partial charge in [-0.25, -0.2) is 4.98 Å². The van der Waals surface area contributed by atoms with Crippen LogP contribution in [0.2, 0.25) is 0 Å². The van der Waals surface area contributed by atoms with E-state index in [9.17, 15) is 4.79 Å². The first-order valence-corrected chi connectivity index (χ1v) is 6.47. The highest BCUT2D eigenvalue weighted by Gasteiger charge is 2.33. The highest BCUT2D eigenvalue weighted by atomic mass is 35.5. The molecule has 16 heavy (non-hydrogen) atoms. The number of hydrogen-bond donors (Lipinski definition) is 0. The van der Waals surface area contributed by atoms with Crippen LogP contribution in [0.5, 0.6) is 0 Å². The molecule has 0 amide bonds. The lowest BCUT2D eigenvalue weighted by Gasteiger charge is -2.03. The Kier molecular flexibility index (Phi) is 2.41. The summed E-state index contributed by atoms with van der Waals surface area (Å²) in [6.45, 7) is 0. The van der Waals surface area contributed by atoms with Crippen molar-refractivity contribution in [1.29, 1.82) is 0 Å². The highest BCUT2D eigenvalue weighted by Crippen LogP contribution is 2.36. The summed E-state index contributed by atoms with van der Waals surface area (Å²) in [7, 11) is 0. The monoisotopic (exact) mass is 252 g/mol. The molecule has 1 unspecified atom stereocenters. The summed E-state index contributed by atoms with van der Waals surface area (Å²) in [5.74, 6) is 0.612. The molecule has 0 fully saturated rings. The smallest absolute Gasteiger partial charge is 0.246 e. The van der Waals surface area contributed by atoms with E-state index in [-0.39, 0.29) is 11.2 Å². The Labute approximate surface area is 102 Å². The molecule has 1 aromatic carbocycles. The van der Waals surface area contributed by atoms with Crippen LogP contribution in [-0.4, -0.2) is 26.6 Å². The number of thioether (sulfide) groups is 1. The van der Waals surface area contributed by atoms with Crippen LogP contribution in [-0.2, 0) is 0 Å². The molecule has 0 bridgehead atoms. The van der Waals surface area contributed by atoms with E-state index in [1.807, 2.05) is 24.3 Å².